The van der Waals surface area contributed by atoms with Crippen LogP contribution in [0, 0.1) is 6.92 Å². The van der Waals surface area contributed by atoms with Crippen molar-refractivity contribution in [3.8, 4) is 5.75 Å². The summed E-state index contributed by atoms with van der Waals surface area (Å²) in [5, 5.41) is 12.6. The van der Waals surface area contributed by atoms with E-state index in [1.807, 2.05) is 20.8 Å². The highest BCUT2D eigenvalue weighted by atomic mass is 35.5. The smallest absolute Gasteiger partial charge is 0.501 e. The first-order valence-corrected chi connectivity index (χ1v) is 10.4. The fourth-order valence-corrected chi connectivity index (χ4v) is 3.80. The highest BCUT2D eigenvalue weighted by molar-refractivity contribution is 7.92. The average molecular weight is 465 g/mol. The van der Waals surface area contributed by atoms with Crippen molar-refractivity contribution in [1.29, 1.82) is 0 Å². The molecule has 30 heavy (non-hydrogen) atoms. The van der Waals surface area contributed by atoms with E-state index in [2.05, 4.69) is 5.32 Å². The number of alkyl halides is 3. The number of carbonyl (C=O) groups is 1. The summed E-state index contributed by atoms with van der Waals surface area (Å²) >= 11 is 5.90. The summed E-state index contributed by atoms with van der Waals surface area (Å²) in [7, 11) is -5.59. The number of aromatic hydroxyl groups is 1. The van der Waals surface area contributed by atoms with Crippen LogP contribution in [0.25, 0.3) is 0 Å². The number of rotatable bonds is 3. The Balaban J connectivity index is 2.49. The van der Waals surface area contributed by atoms with E-state index in [9.17, 15) is 31.5 Å². The lowest BCUT2D eigenvalue weighted by Gasteiger charge is -2.24. The number of anilines is 2. The van der Waals surface area contributed by atoms with E-state index in [1.54, 1.807) is 6.07 Å². The van der Waals surface area contributed by atoms with Gasteiger partial charge in [0.2, 0.25) is 0 Å². The number of sulfone groups is 1. The maximum Gasteiger partial charge on any atom is 0.501 e. The first-order chi connectivity index (χ1) is 13.5. The maximum atomic E-state index is 12.8. The van der Waals surface area contributed by atoms with Crippen LogP contribution >= 0.6 is 11.6 Å². The quantitative estimate of drug-likeness (QED) is 0.447. The zero-order valence-corrected chi connectivity index (χ0v) is 18.1. The monoisotopic (exact) mass is 464 g/mol. The number of hydrogen-bond donors (Lipinski definition) is 3. The minimum atomic E-state index is -5.59. The molecule has 0 saturated heterocycles. The van der Waals surface area contributed by atoms with Gasteiger partial charge in [0.05, 0.1) is 21.2 Å². The third kappa shape index (κ3) is 4.34. The van der Waals surface area contributed by atoms with Gasteiger partial charge < -0.3 is 16.2 Å². The van der Waals surface area contributed by atoms with E-state index in [4.69, 9.17) is 17.3 Å². The van der Waals surface area contributed by atoms with Crippen LogP contribution in [0.4, 0.5) is 24.5 Å². The van der Waals surface area contributed by atoms with Gasteiger partial charge in [0.25, 0.3) is 15.7 Å². The maximum absolute atomic E-state index is 12.8. The van der Waals surface area contributed by atoms with Crippen molar-refractivity contribution in [1.82, 2.24) is 0 Å². The third-order valence-electron chi connectivity index (χ3n) is 4.44. The third-order valence-corrected chi connectivity index (χ3v) is 6.24. The molecule has 4 N–H and O–H groups in total. The van der Waals surface area contributed by atoms with Crippen molar-refractivity contribution in [3.63, 3.8) is 0 Å². The van der Waals surface area contributed by atoms with Crippen LogP contribution in [0.1, 0.15) is 42.3 Å². The Morgan fingerprint density at radius 1 is 1.17 bits per heavy atom. The van der Waals surface area contributed by atoms with Crippen LogP contribution in [-0.2, 0) is 15.3 Å². The van der Waals surface area contributed by atoms with Crippen LogP contribution in [0.3, 0.4) is 0 Å². The number of hydrogen-bond acceptors (Lipinski definition) is 5. The molecule has 6 nitrogen and oxygen atoms in total. The summed E-state index contributed by atoms with van der Waals surface area (Å²) in [6.07, 6.45) is 0. The molecular formula is C19H20ClF3N2O4S. The molecule has 0 saturated carbocycles. The highest BCUT2D eigenvalue weighted by Crippen LogP contribution is 2.39. The molecule has 0 unspecified atom stereocenters. The molecule has 1 amide bonds. The lowest BCUT2D eigenvalue weighted by atomic mass is 9.83. The minimum absolute atomic E-state index is 0.122. The van der Waals surface area contributed by atoms with Crippen molar-refractivity contribution in [2.24, 2.45) is 0 Å². The molecule has 2 aromatic rings. The molecule has 2 aromatic carbocycles. The Hall–Kier alpha value is -2.46. The van der Waals surface area contributed by atoms with Gasteiger partial charge in [0.1, 0.15) is 5.75 Å². The average Bonchev–Trinajstić information content (AvgIpc) is 2.58. The Labute approximate surface area is 176 Å². The number of amides is 1. The second kappa shape index (κ2) is 7.66. The number of carbonyl (C=O) groups excluding carboxylic acids is 1. The van der Waals surface area contributed by atoms with Crippen molar-refractivity contribution in [2.75, 3.05) is 11.1 Å². The number of nitrogens with two attached hydrogens (primary N) is 1. The second-order valence-electron chi connectivity index (χ2n) is 7.66. The SMILES string of the molecule is Cc1c(N)cc(C(C)(C)C)c(O)c1C(=O)Nc1ccc(S(=O)(=O)C(F)(F)F)cc1Cl. The predicted molar refractivity (Wildman–Crippen MR) is 109 cm³/mol. The number of phenolic OH excluding ortho intramolecular Hbond substituents is 1. The fraction of sp³-hybridized carbons (Fsp3) is 0.316. The predicted octanol–water partition coefficient (Wildman–Crippen LogP) is 4.78. The van der Waals surface area contributed by atoms with Gasteiger partial charge in [0, 0.05) is 11.3 Å². The summed E-state index contributed by atoms with van der Waals surface area (Å²) in [6.45, 7) is 6.97. The number of nitrogens with one attached hydrogen (secondary N) is 1. The fourth-order valence-electron chi connectivity index (χ4n) is 2.72. The molecule has 0 spiro atoms. The van der Waals surface area contributed by atoms with E-state index in [0.29, 0.717) is 23.3 Å². The standard InChI is InChI=1S/C19H20ClF3N2O4S/c1-9-13(24)8-11(18(2,3)4)16(26)15(9)17(27)25-14-6-5-10(7-12(14)20)30(28,29)19(21,22)23/h5-8,26H,24H2,1-4H3,(H,25,27). The molecule has 0 atom stereocenters. The molecule has 0 aromatic heterocycles. The molecule has 0 aliphatic rings. The van der Waals surface area contributed by atoms with Gasteiger partial charge in [-0.25, -0.2) is 8.42 Å². The van der Waals surface area contributed by atoms with Gasteiger partial charge >= 0.3 is 5.51 Å². The van der Waals surface area contributed by atoms with Gasteiger partial charge in [-0.3, -0.25) is 4.79 Å². The molecule has 0 aliphatic carbocycles. The number of halogens is 4. The van der Waals surface area contributed by atoms with E-state index >= 15 is 0 Å². The molecular weight excluding hydrogens is 445 g/mol. The first-order valence-electron chi connectivity index (χ1n) is 8.53. The Morgan fingerprint density at radius 2 is 1.73 bits per heavy atom. The number of nitrogen functional groups attached to an aromatic ring is 1. The topological polar surface area (TPSA) is 109 Å². The van der Waals surface area contributed by atoms with E-state index in [-0.39, 0.29) is 22.7 Å². The first kappa shape index (κ1) is 23.8. The van der Waals surface area contributed by atoms with Gasteiger partial charge in [0.15, 0.2) is 0 Å². The molecule has 0 aliphatic heterocycles. The van der Waals surface area contributed by atoms with Crippen LogP contribution in [0.2, 0.25) is 5.02 Å². The highest BCUT2D eigenvalue weighted by Gasteiger charge is 2.47. The Kier molecular flexibility index (Phi) is 6.08. The zero-order valence-electron chi connectivity index (χ0n) is 16.5. The van der Waals surface area contributed by atoms with Gasteiger partial charge in [-0.1, -0.05) is 32.4 Å². The molecule has 0 radical (unpaired) electrons. The number of benzene rings is 2. The molecule has 0 heterocycles. The second-order valence-corrected chi connectivity index (χ2v) is 10.0. The molecule has 164 valence electrons. The van der Waals surface area contributed by atoms with E-state index in [0.717, 1.165) is 6.07 Å². The van der Waals surface area contributed by atoms with Crippen LogP contribution in [0.15, 0.2) is 29.2 Å². The summed E-state index contributed by atoms with van der Waals surface area (Å²) in [5.41, 5.74) is 0.665. The Morgan fingerprint density at radius 3 is 2.20 bits per heavy atom. The van der Waals surface area contributed by atoms with Crippen molar-refractivity contribution in [2.45, 2.75) is 43.5 Å². The summed E-state index contributed by atoms with van der Waals surface area (Å²) < 4.78 is 61.1. The van der Waals surface area contributed by atoms with Gasteiger partial charge in [-0.15, -0.1) is 0 Å². The minimum Gasteiger partial charge on any atom is -0.507 e. The largest absolute Gasteiger partial charge is 0.507 e. The molecule has 2 rings (SSSR count). The van der Waals surface area contributed by atoms with Gasteiger partial charge in [-0.2, -0.15) is 13.2 Å². The van der Waals surface area contributed by atoms with E-state index < -0.39 is 36.6 Å². The van der Waals surface area contributed by atoms with Crippen LogP contribution in [0.5, 0.6) is 5.75 Å². The molecule has 0 fully saturated rings. The number of phenols is 1. The lowest BCUT2D eigenvalue weighted by molar-refractivity contribution is -0.0436. The lowest BCUT2D eigenvalue weighted by Crippen LogP contribution is -2.23. The summed E-state index contributed by atoms with van der Waals surface area (Å²) in [5.74, 6) is -1.10. The van der Waals surface area contributed by atoms with Crippen LogP contribution < -0.4 is 11.1 Å². The summed E-state index contributed by atoms with van der Waals surface area (Å²) in [4.78, 5) is 11.7. The molecule has 0 bridgehead atoms. The van der Waals surface area contributed by atoms with Crippen molar-refractivity contribution >= 4 is 38.7 Å². The van der Waals surface area contributed by atoms with Crippen LogP contribution in [-0.4, -0.2) is 24.9 Å². The zero-order chi connectivity index (χ0) is 23.2. The normalized spacial score (nSPS) is 12.7. The van der Waals surface area contributed by atoms with E-state index in [1.165, 1.54) is 6.92 Å². The van der Waals surface area contributed by atoms with Crippen molar-refractivity contribution < 1.29 is 31.5 Å². The van der Waals surface area contributed by atoms with Gasteiger partial charge in [-0.05, 0) is 42.2 Å². The summed E-state index contributed by atoms with van der Waals surface area (Å²) in [6, 6.07) is 3.76. The Bertz CT molecular complexity index is 1120. The van der Waals surface area contributed by atoms with Crippen molar-refractivity contribution in [3.05, 3.63) is 46.0 Å². The molecule has 11 heteroatoms.